The lowest BCUT2D eigenvalue weighted by atomic mass is 10.1. The van der Waals surface area contributed by atoms with Crippen LogP contribution in [0.25, 0.3) is 6.08 Å². The first kappa shape index (κ1) is 14.9. The van der Waals surface area contributed by atoms with Crippen LogP contribution in [-0.4, -0.2) is 29.7 Å². The fourth-order valence-corrected chi connectivity index (χ4v) is 2.44. The topological polar surface area (TPSA) is 94.4 Å². The van der Waals surface area contributed by atoms with Gasteiger partial charge in [0.05, 0.1) is 5.56 Å². The van der Waals surface area contributed by atoms with Crippen molar-refractivity contribution in [2.75, 3.05) is 6.79 Å². The molecule has 0 unspecified atom stereocenters. The molecule has 0 atom stereocenters. The lowest BCUT2D eigenvalue weighted by Crippen LogP contribution is -2.05. The average molecular weight is 337 g/mol. The summed E-state index contributed by atoms with van der Waals surface area (Å²) >= 11 is 0. The van der Waals surface area contributed by atoms with Crippen molar-refractivity contribution in [3.8, 4) is 11.5 Å². The molecule has 0 spiro atoms. The first-order chi connectivity index (χ1) is 12.1. The van der Waals surface area contributed by atoms with Crippen LogP contribution in [0.3, 0.4) is 0 Å². The molecule has 25 heavy (non-hydrogen) atoms. The average Bonchev–Trinajstić information content (AvgIpc) is 3.21. The van der Waals surface area contributed by atoms with Crippen molar-refractivity contribution in [3.63, 3.8) is 0 Å². The van der Waals surface area contributed by atoms with E-state index in [-0.39, 0.29) is 24.0 Å². The molecule has 0 radical (unpaired) electrons. The maximum absolute atomic E-state index is 12.0. The van der Waals surface area contributed by atoms with E-state index in [0.29, 0.717) is 22.6 Å². The highest BCUT2D eigenvalue weighted by molar-refractivity contribution is 6.13. The molecule has 1 N–H and O–H groups in total. The molecule has 7 heteroatoms. The van der Waals surface area contributed by atoms with Crippen molar-refractivity contribution in [2.24, 2.45) is 4.99 Å². The van der Waals surface area contributed by atoms with Crippen molar-refractivity contribution in [1.82, 2.24) is 0 Å². The molecular formula is C18H11NO6. The van der Waals surface area contributed by atoms with Crippen LogP contribution in [0.1, 0.15) is 21.5 Å². The van der Waals surface area contributed by atoms with Crippen LogP contribution in [0.2, 0.25) is 0 Å². The Morgan fingerprint density at radius 1 is 1.08 bits per heavy atom. The summed E-state index contributed by atoms with van der Waals surface area (Å²) in [6, 6.07) is 11.2. The van der Waals surface area contributed by atoms with E-state index in [2.05, 4.69) is 4.99 Å². The van der Waals surface area contributed by atoms with Crippen LogP contribution in [0.5, 0.6) is 11.5 Å². The van der Waals surface area contributed by atoms with Gasteiger partial charge < -0.3 is 19.3 Å². The normalized spacial score (nSPS) is 16.7. The molecule has 2 aliphatic heterocycles. The number of hydrogen-bond donors (Lipinski definition) is 1. The van der Waals surface area contributed by atoms with E-state index in [9.17, 15) is 9.59 Å². The molecule has 0 saturated heterocycles. The number of carbonyl (C=O) groups excluding carboxylic acids is 1. The summed E-state index contributed by atoms with van der Waals surface area (Å²) in [6.45, 7) is 0.155. The van der Waals surface area contributed by atoms with Gasteiger partial charge in [-0.3, -0.25) is 0 Å². The number of carboxylic acid groups (broad SMARTS) is 1. The minimum Gasteiger partial charge on any atom is -0.478 e. The smallest absolute Gasteiger partial charge is 0.363 e. The predicted molar refractivity (Wildman–Crippen MR) is 86.6 cm³/mol. The number of cyclic esters (lactones) is 1. The Kier molecular flexibility index (Phi) is 3.46. The standard InChI is InChI=1S/C18H11NO6/c20-17(21)11-3-1-10(2-4-11)7-13-18(22)25-16(19-13)12-5-6-14-15(8-12)24-9-23-14/h1-8H,9H2,(H,20,21)/b13-7+. The molecule has 124 valence electrons. The number of rotatable bonds is 3. The molecule has 2 aliphatic rings. The quantitative estimate of drug-likeness (QED) is 0.683. The summed E-state index contributed by atoms with van der Waals surface area (Å²) in [5.41, 5.74) is 1.55. The Morgan fingerprint density at radius 2 is 1.84 bits per heavy atom. The third-order valence-corrected chi connectivity index (χ3v) is 3.70. The van der Waals surface area contributed by atoms with Crippen LogP contribution >= 0.6 is 0 Å². The SMILES string of the molecule is O=C1OC(c2ccc3c(c2)OCO3)=N/C1=C/c1ccc(C(=O)O)cc1. The van der Waals surface area contributed by atoms with Gasteiger partial charge in [0, 0.05) is 5.56 Å². The van der Waals surface area contributed by atoms with Gasteiger partial charge in [0.2, 0.25) is 12.7 Å². The van der Waals surface area contributed by atoms with E-state index >= 15 is 0 Å². The third kappa shape index (κ3) is 2.83. The summed E-state index contributed by atoms with van der Waals surface area (Å²) < 4.78 is 15.7. The maximum Gasteiger partial charge on any atom is 0.363 e. The van der Waals surface area contributed by atoms with Gasteiger partial charge >= 0.3 is 11.9 Å². The number of esters is 1. The van der Waals surface area contributed by atoms with Gasteiger partial charge in [0.1, 0.15) is 0 Å². The first-order valence-corrected chi connectivity index (χ1v) is 7.36. The molecule has 0 saturated carbocycles. The van der Waals surface area contributed by atoms with Crippen LogP contribution in [0, 0.1) is 0 Å². The van der Waals surface area contributed by atoms with Crippen LogP contribution < -0.4 is 9.47 Å². The third-order valence-electron chi connectivity index (χ3n) is 3.70. The largest absolute Gasteiger partial charge is 0.478 e. The van der Waals surface area contributed by atoms with E-state index in [4.69, 9.17) is 19.3 Å². The number of ether oxygens (including phenoxy) is 3. The Hall–Kier alpha value is -3.61. The second-order valence-electron chi connectivity index (χ2n) is 5.33. The van der Waals surface area contributed by atoms with Crippen molar-refractivity contribution in [2.45, 2.75) is 0 Å². The number of benzene rings is 2. The number of carboxylic acids is 1. The molecule has 0 amide bonds. The molecule has 2 heterocycles. The zero-order valence-electron chi connectivity index (χ0n) is 12.8. The molecule has 2 aromatic carbocycles. The summed E-state index contributed by atoms with van der Waals surface area (Å²) in [7, 11) is 0. The van der Waals surface area contributed by atoms with Crippen LogP contribution in [0.15, 0.2) is 53.2 Å². The Bertz CT molecular complexity index is 943. The summed E-state index contributed by atoms with van der Waals surface area (Å²) in [5, 5.41) is 8.90. The molecular weight excluding hydrogens is 326 g/mol. The summed E-state index contributed by atoms with van der Waals surface area (Å²) in [4.78, 5) is 27.1. The van der Waals surface area contributed by atoms with Gasteiger partial charge in [-0.25, -0.2) is 14.6 Å². The fraction of sp³-hybridized carbons (Fsp3) is 0.0556. The highest BCUT2D eigenvalue weighted by Crippen LogP contribution is 2.33. The molecule has 2 aromatic rings. The second-order valence-corrected chi connectivity index (χ2v) is 5.33. The van der Waals surface area contributed by atoms with Gasteiger partial charge in [0.15, 0.2) is 17.2 Å². The molecule has 0 aliphatic carbocycles. The zero-order valence-corrected chi connectivity index (χ0v) is 12.8. The highest BCUT2D eigenvalue weighted by Gasteiger charge is 2.25. The summed E-state index contributed by atoms with van der Waals surface area (Å²) in [5.74, 6) is -0.213. The van der Waals surface area contributed by atoms with Gasteiger partial charge in [-0.1, -0.05) is 12.1 Å². The van der Waals surface area contributed by atoms with Crippen LogP contribution in [-0.2, 0) is 9.53 Å². The number of hydrogen-bond acceptors (Lipinski definition) is 6. The Balaban J connectivity index is 1.62. The van der Waals surface area contributed by atoms with E-state index in [1.54, 1.807) is 30.3 Å². The molecule has 7 nitrogen and oxygen atoms in total. The number of nitrogens with zero attached hydrogens (tertiary/aromatic N) is 1. The van der Waals surface area contributed by atoms with Gasteiger partial charge in [-0.2, -0.15) is 0 Å². The first-order valence-electron chi connectivity index (χ1n) is 7.36. The second kappa shape index (κ2) is 5.79. The number of fused-ring (bicyclic) bond motifs is 1. The maximum atomic E-state index is 12.0. The zero-order chi connectivity index (χ0) is 17.4. The Labute approximate surface area is 141 Å². The van der Waals surface area contributed by atoms with E-state index in [1.165, 1.54) is 18.2 Å². The Morgan fingerprint density at radius 3 is 2.60 bits per heavy atom. The number of aromatic carboxylic acids is 1. The molecule has 4 rings (SSSR count). The van der Waals surface area contributed by atoms with E-state index in [1.807, 2.05) is 0 Å². The monoisotopic (exact) mass is 337 g/mol. The summed E-state index contributed by atoms with van der Waals surface area (Å²) in [6.07, 6.45) is 1.54. The fourth-order valence-electron chi connectivity index (χ4n) is 2.44. The number of aliphatic imine (C=N–C) groups is 1. The van der Waals surface area contributed by atoms with Gasteiger partial charge in [0.25, 0.3) is 0 Å². The molecule has 0 aromatic heterocycles. The minimum absolute atomic E-state index is 0.135. The van der Waals surface area contributed by atoms with Gasteiger partial charge in [-0.05, 0) is 42.0 Å². The van der Waals surface area contributed by atoms with E-state index < -0.39 is 11.9 Å². The minimum atomic E-state index is -1.01. The molecule has 0 bridgehead atoms. The molecule has 0 fully saturated rings. The van der Waals surface area contributed by atoms with E-state index in [0.717, 1.165) is 0 Å². The van der Waals surface area contributed by atoms with Crippen molar-refractivity contribution in [3.05, 3.63) is 64.9 Å². The lowest BCUT2D eigenvalue weighted by molar-refractivity contribution is -0.129. The predicted octanol–water partition coefficient (Wildman–Crippen LogP) is 2.46. The van der Waals surface area contributed by atoms with Crippen molar-refractivity contribution < 1.29 is 28.9 Å². The highest BCUT2D eigenvalue weighted by atomic mass is 16.7. The lowest BCUT2D eigenvalue weighted by Gasteiger charge is -2.01. The van der Waals surface area contributed by atoms with Crippen molar-refractivity contribution in [1.29, 1.82) is 0 Å². The van der Waals surface area contributed by atoms with Crippen molar-refractivity contribution >= 4 is 23.9 Å². The van der Waals surface area contributed by atoms with Gasteiger partial charge in [-0.15, -0.1) is 0 Å². The van der Waals surface area contributed by atoms with Crippen LogP contribution in [0.4, 0.5) is 0 Å². The number of carbonyl (C=O) groups is 2.